The molecule has 0 aliphatic rings. The van der Waals surface area contributed by atoms with E-state index in [9.17, 15) is 9.90 Å². The first-order valence-electron chi connectivity index (χ1n) is 5.51. The van der Waals surface area contributed by atoms with Crippen molar-refractivity contribution in [2.75, 3.05) is 6.54 Å². The maximum atomic E-state index is 10.2. The van der Waals surface area contributed by atoms with Crippen LogP contribution in [0.15, 0.2) is 0 Å². The van der Waals surface area contributed by atoms with E-state index in [1.54, 1.807) is 6.92 Å². The van der Waals surface area contributed by atoms with Gasteiger partial charge >= 0.3 is 5.97 Å². The van der Waals surface area contributed by atoms with Crippen molar-refractivity contribution in [1.29, 1.82) is 0 Å². The van der Waals surface area contributed by atoms with Crippen LogP contribution in [0.25, 0.3) is 0 Å². The van der Waals surface area contributed by atoms with Crippen LogP contribution in [0.1, 0.15) is 46.5 Å². The zero-order chi connectivity index (χ0) is 11.9. The number of carbonyl (C=O) groups is 1. The number of unbranched alkanes of at least 4 members (excludes halogenated alkanes) is 2. The Morgan fingerprint density at radius 1 is 1.33 bits per heavy atom. The van der Waals surface area contributed by atoms with Crippen molar-refractivity contribution >= 4 is 5.97 Å². The summed E-state index contributed by atoms with van der Waals surface area (Å²) in [7, 11) is 0. The van der Waals surface area contributed by atoms with Crippen molar-refractivity contribution in [3.8, 4) is 0 Å². The Labute approximate surface area is 91.7 Å². The largest absolute Gasteiger partial charge is 0.481 e. The highest BCUT2D eigenvalue weighted by molar-refractivity contribution is 5.66. The fourth-order valence-electron chi connectivity index (χ4n) is 1.14. The Bertz CT molecular complexity index is 190. The number of nitrogens with one attached hydrogen (secondary N) is 1. The summed E-state index contributed by atoms with van der Waals surface area (Å²) in [5, 5.41) is 21.1. The Morgan fingerprint density at radius 2 is 1.93 bits per heavy atom. The second-order valence-electron chi connectivity index (χ2n) is 4.53. The zero-order valence-electron chi connectivity index (χ0n) is 9.92. The second-order valence-corrected chi connectivity index (χ2v) is 4.53. The van der Waals surface area contributed by atoms with Gasteiger partial charge < -0.3 is 15.5 Å². The quantitative estimate of drug-likeness (QED) is 0.537. The highest BCUT2D eigenvalue weighted by Crippen LogP contribution is 2.08. The van der Waals surface area contributed by atoms with Gasteiger partial charge in [-0.3, -0.25) is 4.79 Å². The summed E-state index contributed by atoms with van der Waals surface area (Å²) in [4.78, 5) is 10.2. The molecule has 0 bridgehead atoms. The second kappa shape index (κ2) is 6.80. The summed E-state index contributed by atoms with van der Waals surface area (Å²) < 4.78 is 0. The van der Waals surface area contributed by atoms with Gasteiger partial charge in [0.15, 0.2) is 0 Å². The van der Waals surface area contributed by atoms with Crippen LogP contribution >= 0.6 is 0 Å². The fraction of sp³-hybridized carbons (Fsp3) is 0.909. The predicted molar refractivity (Wildman–Crippen MR) is 59.9 cm³/mol. The molecule has 4 nitrogen and oxygen atoms in total. The number of rotatable bonds is 8. The van der Waals surface area contributed by atoms with E-state index < -0.39 is 12.1 Å². The molecule has 4 heteroatoms. The van der Waals surface area contributed by atoms with Crippen molar-refractivity contribution in [1.82, 2.24) is 5.32 Å². The van der Waals surface area contributed by atoms with Gasteiger partial charge in [-0.2, -0.15) is 0 Å². The number of carboxylic acid groups (broad SMARTS) is 1. The van der Waals surface area contributed by atoms with Crippen molar-refractivity contribution in [2.45, 2.75) is 58.1 Å². The lowest BCUT2D eigenvalue weighted by molar-refractivity contribution is -0.137. The SMILES string of the molecule is CC(O)C(C)(C)NCCCCCC(=O)O. The van der Waals surface area contributed by atoms with Crippen molar-refractivity contribution in [2.24, 2.45) is 0 Å². The maximum Gasteiger partial charge on any atom is 0.303 e. The Hall–Kier alpha value is -0.610. The maximum absolute atomic E-state index is 10.2. The van der Waals surface area contributed by atoms with Crippen LogP contribution in [0, 0.1) is 0 Å². The van der Waals surface area contributed by atoms with Crippen LogP contribution in [0.3, 0.4) is 0 Å². The van der Waals surface area contributed by atoms with Gasteiger partial charge in [0.2, 0.25) is 0 Å². The third-order valence-corrected chi connectivity index (χ3v) is 2.69. The molecule has 1 unspecified atom stereocenters. The Balaban J connectivity index is 3.42. The van der Waals surface area contributed by atoms with Gasteiger partial charge in [0, 0.05) is 12.0 Å². The van der Waals surface area contributed by atoms with Gasteiger partial charge in [-0.15, -0.1) is 0 Å². The Morgan fingerprint density at radius 3 is 2.40 bits per heavy atom. The molecule has 0 heterocycles. The highest BCUT2D eigenvalue weighted by atomic mass is 16.4. The van der Waals surface area contributed by atoms with Gasteiger partial charge in [-0.1, -0.05) is 6.42 Å². The first-order chi connectivity index (χ1) is 6.86. The molecular weight excluding hydrogens is 194 g/mol. The van der Waals surface area contributed by atoms with E-state index in [1.807, 2.05) is 13.8 Å². The molecule has 0 rings (SSSR count). The summed E-state index contributed by atoms with van der Waals surface area (Å²) in [6.45, 7) is 6.48. The molecule has 0 spiro atoms. The van der Waals surface area contributed by atoms with E-state index >= 15 is 0 Å². The summed E-state index contributed by atoms with van der Waals surface area (Å²) in [5.74, 6) is -0.729. The molecule has 0 aliphatic carbocycles. The normalized spacial score (nSPS) is 13.9. The molecule has 0 amide bonds. The van der Waals surface area contributed by atoms with Crippen molar-refractivity contribution < 1.29 is 15.0 Å². The van der Waals surface area contributed by atoms with Gasteiger partial charge in [-0.25, -0.2) is 0 Å². The summed E-state index contributed by atoms with van der Waals surface area (Å²) in [5.41, 5.74) is -0.271. The molecular formula is C11H23NO3. The third-order valence-electron chi connectivity index (χ3n) is 2.69. The lowest BCUT2D eigenvalue weighted by atomic mass is 9.98. The molecule has 3 N–H and O–H groups in total. The lowest BCUT2D eigenvalue weighted by Gasteiger charge is -2.29. The van der Waals surface area contributed by atoms with E-state index in [1.165, 1.54) is 0 Å². The van der Waals surface area contributed by atoms with Crippen LogP contribution in [0.2, 0.25) is 0 Å². The molecule has 0 saturated carbocycles. The average molecular weight is 217 g/mol. The van der Waals surface area contributed by atoms with E-state index in [0.717, 1.165) is 25.8 Å². The van der Waals surface area contributed by atoms with E-state index in [0.29, 0.717) is 0 Å². The standard InChI is InChI=1S/C11H23NO3/c1-9(13)11(2,3)12-8-6-4-5-7-10(14)15/h9,12-13H,4-8H2,1-3H3,(H,14,15). The summed E-state index contributed by atoms with van der Waals surface area (Å²) in [6.07, 6.45) is 2.45. The number of hydrogen-bond acceptors (Lipinski definition) is 3. The van der Waals surface area contributed by atoms with Crippen LogP contribution in [0.4, 0.5) is 0 Å². The molecule has 0 aromatic carbocycles. The lowest BCUT2D eigenvalue weighted by Crippen LogP contribution is -2.48. The van der Waals surface area contributed by atoms with Crippen LogP contribution in [0.5, 0.6) is 0 Å². The van der Waals surface area contributed by atoms with Crippen LogP contribution in [-0.2, 0) is 4.79 Å². The molecule has 0 fully saturated rings. The minimum atomic E-state index is -0.729. The molecule has 0 aromatic heterocycles. The molecule has 90 valence electrons. The molecule has 1 atom stereocenters. The zero-order valence-corrected chi connectivity index (χ0v) is 9.92. The van der Waals surface area contributed by atoms with Gasteiger partial charge in [0.05, 0.1) is 6.10 Å². The topological polar surface area (TPSA) is 69.6 Å². The van der Waals surface area contributed by atoms with Gasteiger partial charge in [0.1, 0.15) is 0 Å². The molecule has 0 aliphatic heterocycles. The summed E-state index contributed by atoms with van der Waals surface area (Å²) in [6, 6.07) is 0. The number of aliphatic hydroxyl groups excluding tert-OH is 1. The van der Waals surface area contributed by atoms with Gasteiger partial charge in [0.25, 0.3) is 0 Å². The first kappa shape index (κ1) is 14.4. The van der Waals surface area contributed by atoms with E-state index in [4.69, 9.17) is 5.11 Å². The first-order valence-corrected chi connectivity index (χ1v) is 5.51. The predicted octanol–water partition coefficient (Wildman–Crippen LogP) is 1.38. The average Bonchev–Trinajstić information content (AvgIpc) is 2.10. The van der Waals surface area contributed by atoms with Crippen molar-refractivity contribution in [3.05, 3.63) is 0 Å². The molecule has 0 saturated heterocycles. The minimum absolute atomic E-state index is 0.250. The summed E-state index contributed by atoms with van der Waals surface area (Å²) >= 11 is 0. The minimum Gasteiger partial charge on any atom is -0.481 e. The number of aliphatic hydroxyl groups is 1. The molecule has 15 heavy (non-hydrogen) atoms. The highest BCUT2D eigenvalue weighted by Gasteiger charge is 2.22. The monoisotopic (exact) mass is 217 g/mol. The fourth-order valence-corrected chi connectivity index (χ4v) is 1.14. The third kappa shape index (κ3) is 7.33. The van der Waals surface area contributed by atoms with E-state index in [-0.39, 0.29) is 12.0 Å². The number of hydrogen-bond donors (Lipinski definition) is 3. The Kier molecular flexibility index (Phi) is 6.52. The molecule has 0 radical (unpaired) electrons. The van der Waals surface area contributed by atoms with Gasteiger partial charge in [-0.05, 0) is 40.2 Å². The number of carboxylic acids is 1. The smallest absolute Gasteiger partial charge is 0.303 e. The van der Waals surface area contributed by atoms with Crippen LogP contribution < -0.4 is 5.32 Å². The van der Waals surface area contributed by atoms with Crippen LogP contribution in [-0.4, -0.2) is 34.4 Å². The molecule has 0 aromatic rings. The van der Waals surface area contributed by atoms with E-state index in [2.05, 4.69) is 5.32 Å². The number of aliphatic carboxylic acids is 1. The van der Waals surface area contributed by atoms with Crippen molar-refractivity contribution in [3.63, 3.8) is 0 Å².